The summed E-state index contributed by atoms with van der Waals surface area (Å²) >= 11 is 0. The highest BCUT2D eigenvalue weighted by Gasteiger charge is 2.18. The van der Waals surface area contributed by atoms with Crippen LogP contribution in [-0.4, -0.2) is 47.1 Å². The molecule has 96 valence electrons. The molecule has 17 heavy (non-hydrogen) atoms. The molecule has 6 heteroatoms. The molecule has 1 aliphatic heterocycles. The van der Waals surface area contributed by atoms with Crippen LogP contribution in [0.15, 0.2) is 0 Å². The van der Waals surface area contributed by atoms with E-state index in [1.165, 1.54) is 0 Å². The molecule has 1 aromatic rings. The smallest absolute Gasteiger partial charge is 0.224 e. The third-order valence-electron chi connectivity index (χ3n) is 2.89. The minimum atomic E-state index is 0.215. The maximum atomic E-state index is 5.69. The Morgan fingerprint density at radius 1 is 1.47 bits per heavy atom. The quantitative estimate of drug-likeness (QED) is 0.771. The van der Waals surface area contributed by atoms with E-state index in [9.17, 15) is 0 Å². The van der Waals surface area contributed by atoms with Crippen LogP contribution in [0.25, 0.3) is 0 Å². The summed E-state index contributed by atoms with van der Waals surface area (Å²) in [4.78, 5) is 0. The van der Waals surface area contributed by atoms with Crippen LogP contribution in [0, 0.1) is 0 Å². The Kier molecular flexibility index (Phi) is 4.33. The summed E-state index contributed by atoms with van der Waals surface area (Å²) in [6.07, 6.45) is 1.03. The Bertz CT molecular complexity index is 346. The van der Waals surface area contributed by atoms with Crippen molar-refractivity contribution in [2.24, 2.45) is 0 Å². The number of hydrogen-bond acceptors (Lipinski definition) is 5. The third-order valence-corrected chi connectivity index (χ3v) is 2.89. The minimum absolute atomic E-state index is 0.215. The molecule has 0 radical (unpaired) electrons. The summed E-state index contributed by atoms with van der Waals surface area (Å²) in [6.45, 7) is 8.53. The van der Waals surface area contributed by atoms with Crippen molar-refractivity contribution in [3.63, 3.8) is 0 Å². The van der Waals surface area contributed by atoms with Crippen LogP contribution in [0.2, 0.25) is 0 Å². The van der Waals surface area contributed by atoms with Crippen LogP contribution in [0.5, 0.6) is 0 Å². The first-order valence-electron chi connectivity index (χ1n) is 6.33. The van der Waals surface area contributed by atoms with E-state index in [4.69, 9.17) is 4.74 Å². The standard InChI is InChI=1S/C11H21N5O/c1-3-13-11-15-14-10(16(11)4-2)7-9-8-12-5-6-17-9/h9,12H,3-8H2,1-2H3,(H,13,15). The van der Waals surface area contributed by atoms with Crippen molar-refractivity contribution < 1.29 is 4.74 Å². The third kappa shape index (κ3) is 2.95. The van der Waals surface area contributed by atoms with Gasteiger partial charge in [0.05, 0.1) is 12.7 Å². The van der Waals surface area contributed by atoms with Gasteiger partial charge in [-0.15, -0.1) is 10.2 Å². The van der Waals surface area contributed by atoms with Crippen LogP contribution >= 0.6 is 0 Å². The Morgan fingerprint density at radius 2 is 2.35 bits per heavy atom. The lowest BCUT2D eigenvalue weighted by Crippen LogP contribution is -2.40. The summed E-state index contributed by atoms with van der Waals surface area (Å²) in [6, 6.07) is 0. The van der Waals surface area contributed by atoms with E-state index in [1.54, 1.807) is 0 Å². The first-order valence-corrected chi connectivity index (χ1v) is 6.33. The fourth-order valence-electron chi connectivity index (χ4n) is 2.06. The van der Waals surface area contributed by atoms with Crippen molar-refractivity contribution in [3.05, 3.63) is 5.82 Å². The molecular weight excluding hydrogens is 218 g/mol. The zero-order valence-corrected chi connectivity index (χ0v) is 10.6. The lowest BCUT2D eigenvalue weighted by atomic mass is 10.2. The van der Waals surface area contributed by atoms with Crippen molar-refractivity contribution in [2.75, 3.05) is 31.6 Å². The molecule has 0 saturated carbocycles. The molecule has 0 spiro atoms. The van der Waals surface area contributed by atoms with Crippen molar-refractivity contribution >= 4 is 5.95 Å². The molecule has 0 aromatic carbocycles. The Morgan fingerprint density at radius 3 is 3.00 bits per heavy atom. The summed E-state index contributed by atoms with van der Waals surface area (Å²) in [5, 5.41) is 15.0. The van der Waals surface area contributed by atoms with Crippen molar-refractivity contribution in [1.82, 2.24) is 20.1 Å². The Hall–Kier alpha value is -1.14. The van der Waals surface area contributed by atoms with E-state index < -0.39 is 0 Å². The van der Waals surface area contributed by atoms with Gasteiger partial charge in [-0.05, 0) is 13.8 Å². The number of ether oxygens (including phenoxy) is 1. The first-order chi connectivity index (χ1) is 8.35. The molecule has 1 saturated heterocycles. The largest absolute Gasteiger partial charge is 0.375 e. The van der Waals surface area contributed by atoms with E-state index in [0.717, 1.165) is 51.0 Å². The molecule has 0 aliphatic carbocycles. The summed E-state index contributed by atoms with van der Waals surface area (Å²) in [7, 11) is 0. The van der Waals surface area contributed by atoms with Gasteiger partial charge in [-0.1, -0.05) is 0 Å². The molecule has 6 nitrogen and oxygen atoms in total. The van der Waals surface area contributed by atoms with E-state index in [1.807, 2.05) is 0 Å². The number of nitrogens with one attached hydrogen (secondary N) is 2. The predicted octanol–water partition coefficient (Wildman–Crippen LogP) is 0.261. The monoisotopic (exact) mass is 239 g/mol. The zero-order chi connectivity index (χ0) is 12.1. The predicted molar refractivity (Wildman–Crippen MR) is 66.2 cm³/mol. The molecule has 1 unspecified atom stereocenters. The fourth-order valence-corrected chi connectivity index (χ4v) is 2.06. The van der Waals surface area contributed by atoms with Gasteiger partial charge in [-0.3, -0.25) is 4.57 Å². The maximum Gasteiger partial charge on any atom is 0.224 e. The number of hydrogen-bond donors (Lipinski definition) is 2. The van der Waals surface area contributed by atoms with Gasteiger partial charge in [0, 0.05) is 32.6 Å². The number of aromatic nitrogens is 3. The Labute approximate surface area is 102 Å². The molecule has 0 amide bonds. The van der Waals surface area contributed by atoms with Crippen LogP contribution in [0.4, 0.5) is 5.95 Å². The van der Waals surface area contributed by atoms with Gasteiger partial charge in [0.2, 0.25) is 5.95 Å². The van der Waals surface area contributed by atoms with Gasteiger partial charge in [0.25, 0.3) is 0 Å². The van der Waals surface area contributed by atoms with Crippen LogP contribution in [0.3, 0.4) is 0 Å². The highest BCUT2D eigenvalue weighted by molar-refractivity contribution is 5.25. The second-order valence-electron chi connectivity index (χ2n) is 4.12. The number of morpholine rings is 1. The van der Waals surface area contributed by atoms with Gasteiger partial charge in [0.1, 0.15) is 5.82 Å². The van der Waals surface area contributed by atoms with Gasteiger partial charge in [0.15, 0.2) is 0 Å². The second kappa shape index (κ2) is 5.97. The van der Waals surface area contributed by atoms with Crippen LogP contribution in [0.1, 0.15) is 19.7 Å². The van der Waals surface area contributed by atoms with E-state index in [0.29, 0.717) is 0 Å². The van der Waals surface area contributed by atoms with Gasteiger partial charge < -0.3 is 15.4 Å². The Balaban J connectivity index is 2.03. The number of nitrogens with zero attached hydrogens (tertiary/aromatic N) is 3. The number of rotatable bonds is 5. The zero-order valence-electron chi connectivity index (χ0n) is 10.6. The summed E-state index contributed by atoms with van der Waals surface area (Å²) in [5.74, 6) is 1.85. The fraction of sp³-hybridized carbons (Fsp3) is 0.818. The molecule has 2 rings (SSSR count). The van der Waals surface area contributed by atoms with Gasteiger partial charge in [-0.25, -0.2) is 0 Å². The minimum Gasteiger partial charge on any atom is -0.375 e. The highest BCUT2D eigenvalue weighted by Crippen LogP contribution is 2.11. The van der Waals surface area contributed by atoms with Crippen LogP contribution in [-0.2, 0) is 17.7 Å². The molecular formula is C11H21N5O. The lowest BCUT2D eigenvalue weighted by molar-refractivity contribution is 0.0275. The van der Waals surface area contributed by atoms with Crippen molar-refractivity contribution in [2.45, 2.75) is 32.9 Å². The van der Waals surface area contributed by atoms with Crippen LogP contribution < -0.4 is 10.6 Å². The average molecular weight is 239 g/mol. The summed E-state index contributed by atoms with van der Waals surface area (Å²) in [5.41, 5.74) is 0. The molecule has 2 N–H and O–H groups in total. The molecule has 1 aliphatic rings. The topological polar surface area (TPSA) is 64.0 Å². The molecule has 1 aromatic heterocycles. The molecule has 0 bridgehead atoms. The molecule has 2 heterocycles. The first kappa shape index (κ1) is 12.3. The second-order valence-corrected chi connectivity index (χ2v) is 4.12. The average Bonchev–Trinajstić information content (AvgIpc) is 2.73. The van der Waals surface area contributed by atoms with Crippen molar-refractivity contribution in [3.8, 4) is 0 Å². The maximum absolute atomic E-state index is 5.69. The lowest BCUT2D eigenvalue weighted by Gasteiger charge is -2.23. The highest BCUT2D eigenvalue weighted by atomic mass is 16.5. The van der Waals surface area contributed by atoms with Gasteiger partial charge in [-0.2, -0.15) is 0 Å². The molecule has 1 atom stereocenters. The molecule has 1 fully saturated rings. The SMILES string of the molecule is CCNc1nnc(CC2CNCCO2)n1CC. The normalized spacial score (nSPS) is 20.5. The van der Waals surface area contributed by atoms with E-state index in [-0.39, 0.29) is 6.10 Å². The number of anilines is 1. The van der Waals surface area contributed by atoms with Crippen molar-refractivity contribution in [1.29, 1.82) is 0 Å². The van der Waals surface area contributed by atoms with E-state index >= 15 is 0 Å². The summed E-state index contributed by atoms with van der Waals surface area (Å²) < 4.78 is 7.80. The van der Waals surface area contributed by atoms with Gasteiger partial charge >= 0.3 is 0 Å². The van der Waals surface area contributed by atoms with E-state index in [2.05, 4.69) is 39.2 Å².